The van der Waals surface area contributed by atoms with Crippen LogP contribution in [-0.2, 0) is 19.2 Å². The van der Waals surface area contributed by atoms with Crippen molar-refractivity contribution in [3.05, 3.63) is 35.9 Å². The van der Waals surface area contributed by atoms with E-state index in [2.05, 4.69) is 29.8 Å². The van der Waals surface area contributed by atoms with E-state index >= 15 is 0 Å². The standard InChI is InChI=1S/C24H37N5O4.C3H8/c1-15(2)12-20(22(26)31)28-21(30)14-27-24(33)19(10-6-7-11-25)29-23(32)18-13-17(18)16-8-4-3-5-9-16;1-3-2/h3-5,8-9,15,17-20H,6-7,10-14,25H2,1-2H3,(H2,26,31)(H,27,33)(H,28,30)(H,29,32);3H2,1-2H3/t17?,18?,19-,20-;/m0./s1. The van der Waals surface area contributed by atoms with Gasteiger partial charge in [0.25, 0.3) is 0 Å². The van der Waals surface area contributed by atoms with Gasteiger partial charge in [0.2, 0.25) is 23.6 Å². The molecule has 1 aromatic rings. The Kier molecular flexibility index (Phi) is 14.4. The van der Waals surface area contributed by atoms with Crippen molar-refractivity contribution in [2.75, 3.05) is 13.1 Å². The number of rotatable bonds is 14. The molecule has 1 saturated carbocycles. The number of unbranched alkanes of at least 4 members (excludes halogenated alkanes) is 1. The quantitative estimate of drug-likeness (QED) is 0.245. The zero-order valence-corrected chi connectivity index (χ0v) is 22.2. The van der Waals surface area contributed by atoms with Crippen LogP contribution >= 0.6 is 0 Å². The second-order valence-corrected chi connectivity index (χ2v) is 9.78. The number of hydrogen-bond acceptors (Lipinski definition) is 5. The first-order chi connectivity index (χ1) is 17.1. The van der Waals surface area contributed by atoms with Crippen LogP contribution in [0.15, 0.2) is 30.3 Å². The molecule has 1 aliphatic carbocycles. The van der Waals surface area contributed by atoms with Gasteiger partial charge in [-0.2, -0.15) is 0 Å². The second-order valence-electron chi connectivity index (χ2n) is 9.78. The molecule has 7 N–H and O–H groups in total. The van der Waals surface area contributed by atoms with Gasteiger partial charge in [-0.1, -0.05) is 64.4 Å². The molecule has 1 aliphatic rings. The van der Waals surface area contributed by atoms with Crippen LogP contribution in [0.1, 0.15) is 77.7 Å². The van der Waals surface area contributed by atoms with Crippen LogP contribution in [0.25, 0.3) is 0 Å². The number of nitrogens with one attached hydrogen (secondary N) is 3. The summed E-state index contributed by atoms with van der Waals surface area (Å²) in [6, 6.07) is 8.28. The molecule has 4 atom stereocenters. The summed E-state index contributed by atoms with van der Waals surface area (Å²) in [5.74, 6) is -1.55. The average Bonchev–Trinajstić information content (AvgIpc) is 3.63. The van der Waals surface area contributed by atoms with E-state index in [-0.39, 0.29) is 30.2 Å². The molecule has 2 rings (SSSR count). The second kappa shape index (κ2) is 16.7. The molecule has 9 heteroatoms. The van der Waals surface area contributed by atoms with Crippen LogP contribution in [0.3, 0.4) is 0 Å². The maximum Gasteiger partial charge on any atom is 0.243 e. The number of benzene rings is 1. The van der Waals surface area contributed by atoms with Crippen LogP contribution < -0.4 is 27.4 Å². The molecule has 9 nitrogen and oxygen atoms in total. The van der Waals surface area contributed by atoms with Crippen molar-refractivity contribution in [2.24, 2.45) is 23.3 Å². The first-order valence-corrected chi connectivity index (χ1v) is 13.1. The van der Waals surface area contributed by atoms with Crippen molar-refractivity contribution in [1.82, 2.24) is 16.0 Å². The van der Waals surface area contributed by atoms with Gasteiger partial charge in [-0.25, -0.2) is 0 Å². The van der Waals surface area contributed by atoms with Crippen LogP contribution in [0.4, 0.5) is 0 Å². The van der Waals surface area contributed by atoms with E-state index in [1.54, 1.807) is 0 Å². The monoisotopic (exact) mass is 503 g/mol. The largest absolute Gasteiger partial charge is 0.368 e. The van der Waals surface area contributed by atoms with Gasteiger partial charge in [-0.15, -0.1) is 0 Å². The molecule has 4 amide bonds. The Balaban J connectivity index is 0.00000205. The van der Waals surface area contributed by atoms with E-state index in [0.29, 0.717) is 25.8 Å². The van der Waals surface area contributed by atoms with Gasteiger partial charge in [-0.3, -0.25) is 19.2 Å². The molecule has 0 heterocycles. The normalized spacial score (nSPS) is 17.7. The summed E-state index contributed by atoms with van der Waals surface area (Å²) in [7, 11) is 0. The van der Waals surface area contributed by atoms with Gasteiger partial charge in [0.1, 0.15) is 12.1 Å². The molecule has 0 spiro atoms. The Morgan fingerprint density at radius 2 is 1.64 bits per heavy atom. The number of nitrogens with two attached hydrogens (primary N) is 2. The summed E-state index contributed by atoms with van der Waals surface area (Å²) < 4.78 is 0. The summed E-state index contributed by atoms with van der Waals surface area (Å²) >= 11 is 0. The predicted molar refractivity (Wildman–Crippen MR) is 142 cm³/mol. The molecule has 0 aliphatic heterocycles. The minimum Gasteiger partial charge on any atom is -0.368 e. The lowest BCUT2D eigenvalue weighted by Gasteiger charge is -2.20. The van der Waals surface area contributed by atoms with Crippen LogP contribution in [0.5, 0.6) is 0 Å². The van der Waals surface area contributed by atoms with Crippen molar-refractivity contribution in [3.63, 3.8) is 0 Å². The van der Waals surface area contributed by atoms with Crippen molar-refractivity contribution >= 4 is 23.6 Å². The highest BCUT2D eigenvalue weighted by molar-refractivity contribution is 5.93. The maximum atomic E-state index is 12.8. The third-order valence-electron chi connectivity index (χ3n) is 5.74. The number of amides is 4. The zero-order valence-electron chi connectivity index (χ0n) is 22.2. The highest BCUT2D eigenvalue weighted by Gasteiger charge is 2.44. The molecular formula is C27H45N5O4. The van der Waals surface area contributed by atoms with Crippen LogP contribution in [0, 0.1) is 11.8 Å². The lowest BCUT2D eigenvalue weighted by molar-refractivity contribution is -0.131. The van der Waals surface area contributed by atoms with Crippen molar-refractivity contribution < 1.29 is 19.2 Å². The smallest absolute Gasteiger partial charge is 0.243 e. The Morgan fingerprint density at radius 3 is 2.19 bits per heavy atom. The van der Waals surface area contributed by atoms with Crippen molar-refractivity contribution in [1.29, 1.82) is 0 Å². The average molecular weight is 504 g/mol. The Labute approximate surface area is 215 Å². The molecule has 0 bridgehead atoms. The molecule has 0 saturated heterocycles. The highest BCUT2D eigenvalue weighted by Crippen LogP contribution is 2.47. The number of primary amides is 1. The first-order valence-electron chi connectivity index (χ1n) is 13.1. The van der Waals surface area contributed by atoms with Gasteiger partial charge in [0.05, 0.1) is 6.54 Å². The Bertz CT molecular complexity index is 831. The van der Waals surface area contributed by atoms with E-state index in [1.165, 1.54) is 6.42 Å². The molecule has 36 heavy (non-hydrogen) atoms. The summed E-state index contributed by atoms with van der Waals surface area (Å²) in [4.78, 5) is 49.3. The van der Waals surface area contributed by atoms with Crippen LogP contribution in [0.2, 0.25) is 0 Å². The molecular weight excluding hydrogens is 458 g/mol. The number of hydrogen-bond donors (Lipinski definition) is 5. The van der Waals surface area contributed by atoms with Crippen molar-refractivity contribution in [3.8, 4) is 0 Å². The minimum atomic E-state index is -0.792. The predicted octanol–water partition coefficient (Wildman–Crippen LogP) is 1.95. The maximum absolute atomic E-state index is 12.8. The zero-order chi connectivity index (χ0) is 27.1. The molecule has 0 aromatic heterocycles. The van der Waals surface area contributed by atoms with Gasteiger partial charge in [0.15, 0.2) is 0 Å². The fourth-order valence-corrected chi connectivity index (χ4v) is 3.85. The lowest BCUT2D eigenvalue weighted by atomic mass is 10.0. The minimum absolute atomic E-state index is 0.159. The number of carbonyl (C=O) groups excluding carboxylic acids is 4. The van der Waals surface area contributed by atoms with E-state index in [4.69, 9.17) is 11.5 Å². The van der Waals surface area contributed by atoms with Crippen molar-refractivity contribution in [2.45, 2.75) is 84.2 Å². The highest BCUT2D eigenvalue weighted by atomic mass is 16.2. The van der Waals surface area contributed by atoms with E-state index in [9.17, 15) is 19.2 Å². The van der Waals surface area contributed by atoms with E-state index < -0.39 is 29.8 Å². The summed E-state index contributed by atoms with van der Waals surface area (Å²) in [6.07, 6.45) is 4.24. The van der Waals surface area contributed by atoms with Gasteiger partial charge >= 0.3 is 0 Å². The molecule has 1 fully saturated rings. The van der Waals surface area contributed by atoms with Crippen LogP contribution in [-0.4, -0.2) is 48.8 Å². The third-order valence-corrected chi connectivity index (χ3v) is 5.74. The molecule has 2 unspecified atom stereocenters. The topological polar surface area (TPSA) is 156 Å². The van der Waals surface area contributed by atoms with E-state index in [0.717, 1.165) is 18.4 Å². The fraction of sp³-hybridized carbons (Fsp3) is 0.630. The van der Waals surface area contributed by atoms with Gasteiger partial charge in [0, 0.05) is 5.92 Å². The summed E-state index contributed by atoms with van der Waals surface area (Å²) in [5.41, 5.74) is 12.0. The summed E-state index contributed by atoms with van der Waals surface area (Å²) in [6.45, 7) is 8.27. The van der Waals surface area contributed by atoms with Gasteiger partial charge < -0.3 is 27.4 Å². The van der Waals surface area contributed by atoms with Gasteiger partial charge in [-0.05, 0) is 56.0 Å². The van der Waals surface area contributed by atoms with E-state index in [1.807, 2.05) is 44.2 Å². The SMILES string of the molecule is CC(C)C[C@H](NC(=O)CNC(=O)[C@H](CCCCN)NC(=O)C1CC1c1ccccc1)C(N)=O.CCC. The molecule has 202 valence electrons. The fourth-order valence-electron chi connectivity index (χ4n) is 3.85. The number of carbonyl (C=O) groups is 4. The Morgan fingerprint density at radius 1 is 1.00 bits per heavy atom. The molecule has 0 radical (unpaired) electrons. The Hall–Kier alpha value is -2.94. The lowest BCUT2D eigenvalue weighted by Crippen LogP contribution is -2.52. The molecule has 1 aromatic carbocycles. The third kappa shape index (κ3) is 11.7. The summed E-state index contributed by atoms with van der Waals surface area (Å²) in [5, 5.41) is 7.97. The first kappa shape index (κ1) is 31.1.